The molecule has 1 aromatic rings. The lowest BCUT2D eigenvalue weighted by atomic mass is 10.3. The minimum atomic E-state index is 0.0587. The molecular formula is C14H23N3O2. The normalized spacial score (nSPS) is 12.9. The number of rotatable bonds is 7. The van der Waals surface area contributed by atoms with Gasteiger partial charge in [-0.2, -0.15) is 0 Å². The summed E-state index contributed by atoms with van der Waals surface area (Å²) in [4.78, 5) is 4.12. The van der Waals surface area contributed by atoms with Crippen LogP contribution in [0.2, 0.25) is 0 Å². The van der Waals surface area contributed by atoms with Crippen LogP contribution in [-0.2, 0) is 4.74 Å². The zero-order valence-corrected chi connectivity index (χ0v) is 11.8. The molecule has 0 spiro atoms. The van der Waals surface area contributed by atoms with Crippen molar-refractivity contribution in [3.63, 3.8) is 0 Å². The number of para-hydroxylation sites is 1. The van der Waals surface area contributed by atoms with Gasteiger partial charge in [-0.15, -0.1) is 0 Å². The summed E-state index contributed by atoms with van der Waals surface area (Å²) in [5.74, 6) is 1.62. The van der Waals surface area contributed by atoms with Crippen LogP contribution in [0.4, 0.5) is 0 Å². The lowest BCUT2D eigenvalue weighted by molar-refractivity contribution is 0.203. The van der Waals surface area contributed by atoms with Gasteiger partial charge >= 0.3 is 0 Å². The molecule has 0 radical (unpaired) electrons. The van der Waals surface area contributed by atoms with Gasteiger partial charge in [0.1, 0.15) is 11.9 Å². The van der Waals surface area contributed by atoms with Crippen LogP contribution in [0.15, 0.2) is 35.3 Å². The van der Waals surface area contributed by atoms with E-state index in [2.05, 4.69) is 15.6 Å². The highest BCUT2D eigenvalue weighted by atomic mass is 16.5. The molecule has 0 heterocycles. The van der Waals surface area contributed by atoms with Gasteiger partial charge in [0, 0.05) is 20.7 Å². The summed E-state index contributed by atoms with van der Waals surface area (Å²) in [6.07, 6.45) is 0.0587. The number of methoxy groups -OCH3 is 1. The Bertz CT molecular complexity index is 368. The maximum Gasteiger partial charge on any atom is 0.191 e. The van der Waals surface area contributed by atoms with Crippen molar-refractivity contribution < 1.29 is 9.47 Å². The SMILES string of the molecule is CN=C(NCCOC)NCC(C)Oc1ccccc1. The fraction of sp³-hybridized carbons (Fsp3) is 0.500. The standard InChI is InChI=1S/C14H23N3O2/c1-12(19-13-7-5-4-6-8-13)11-17-14(15-2)16-9-10-18-3/h4-8,12H,9-11H2,1-3H3,(H2,15,16,17). The van der Waals surface area contributed by atoms with Crippen LogP contribution in [0.5, 0.6) is 5.75 Å². The predicted molar refractivity (Wildman–Crippen MR) is 77.8 cm³/mol. The predicted octanol–water partition coefficient (Wildman–Crippen LogP) is 1.27. The fourth-order valence-electron chi connectivity index (χ4n) is 1.51. The molecule has 0 aliphatic heterocycles. The van der Waals surface area contributed by atoms with Crippen molar-refractivity contribution in [2.45, 2.75) is 13.0 Å². The number of hydrogen-bond donors (Lipinski definition) is 2. The summed E-state index contributed by atoms with van der Waals surface area (Å²) < 4.78 is 10.7. The van der Waals surface area contributed by atoms with Crippen LogP contribution in [0.25, 0.3) is 0 Å². The lowest BCUT2D eigenvalue weighted by Crippen LogP contribution is -2.42. The first-order valence-electron chi connectivity index (χ1n) is 6.41. The maximum atomic E-state index is 5.76. The van der Waals surface area contributed by atoms with Gasteiger partial charge in [-0.25, -0.2) is 0 Å². The van der Waals surface area contributed by atoms with Gasteiger partial charge in [-0.05, 0) is 19.1 Å². The monoisotopic (exact) mass is 265 g/mol. The molecule has 1 unspecified atom stereocenters. The zero-order chi connectivity index (χ0) is 13.9. The van der Waals surface area contributed by atoms with E-state index in [4.69, 9.17) is 9.47 Å². The Kier molecular flexibility index (Phi) is 7.43. The number of nitrogens with one attached hydrogen (secondary N) is 2. The minimum absolute atomic E-state index is 0.0587. The van der Waals surface area contributed by atoms with Gasteiger partial charge in [0.2, 0.25) is 0 Å². The van der Waals surface area contributed by atoms with E-state index in [0.717, 1.165) is 18.3 Å². The molecule has 0 fully saturated rings. The maximum absolute atomic E-state index is 5.76. The van der Waals surface area contributed by atoms with Gasteiger partial charge < -0.3 is 20.1 Å². The largest absolute Gasteiger partial charge is 0.489 e. The van der Waals surface area contributed by atoms with Gasteiger partial charge in [-0.3, -0.25) is 4.99 Å². The summed E-state index contributed by atoms with van der Waals surface area (Å²) in [5, 5.41) is 6.35. The molecule has 5 heteroatoms. The molecule has 0 saturated heterocycles. The molecule has 0 bridgehead atoms. The van der Waals surface area contributed by atoms with Crippen molar-refractivity contribution in [1.82, 2.24) is 10.6 Å². The summed E-state index contributed by atoms with van der Waals surface area (Å²) >= 11 is 0. The molecule has 1 atom stereocenters. The van der Waals surface area contributed by atoms with Crippen LogP contribution in [0.3, 0.4) is 0 Å². The Labute approximate surface area is 115 Å². The van der Waals surface area contributed by atoms with Crippen molar-refractivity contribution in [2.75, 3.05) is 33.9 Å². The number of ether oxygens (including phenoxy) is 2. The molecule has 19 heavy (non-hydrogen) atoms. The third kappa shape index (κ3) is 6.67. The minimum Gasteiger partial charge on any atom is -0.489 e. The van der Waals surface area contributed by atoms with Gasteiger partial charge in [0.05, 0.1) is 13.2 Å². The first-order valence-corrected chi connectivity index (χ1v) is 6.41. The second kappa shape index (κ2) is 9.22. The smallest absolute Gasteiger partial charge is 0.191 e. The van der Waals surface area contributed by atoms with Crippen LogP contribution >= 0.6 is 0 Å². The molecular weight excluding hydrogens is 242 g/mol. The van der Waals surface area contributed by atoms with Crippen molar-refractivity contribution in [1.29, 1.82) is 0 Å². The molecule has 1 rings (SSSR count). The zero-order valence-electron chi connectivity index (χ0n) is 11.8. The number of aliphatic imine (C=N–C) groups is 1. The van der Waals surface area contributed by atoms with E-state index in [1.54, 1.807) is 14.2 Å². The molecule has 0 aliphatic carbocycles. The van der Waals surface area contributed by atoms with E-state index in [-0.39, 0.29) is 6.10 Å². The Morgan fingerprint density at radius 3 is 2.63 bits per heavy atom. The van der Waals surface area contributed by atoms with Crippen molar-refractivity contribution in [3.05, 3.63) is 30.3 Å². The van der Waals surface area contributed by atoms with E-state index in [9.17, 15) is 0 Å². The van der Waals surface area contributed by atoms with Gasteiger partial charge in [-0.1, -0.05) is 18.2 Å². The topological polar surface area (TPSA) is 54.9 Å². The number of nitrogens with zero attached hydrogens (tertiary/aromatic N) is 1. The second-order valence-electron chi connectivity index (χ2n) is 4.11. The highest BCUT2D eigenvalue weighted by Gasteiger charge is 2.05. The first-order chi connectivity index (χ1) is 9.26. The Morgan fingerprint density at radius 2 is 2.00 bits per heavy atom. The van der Waals surface area contributed by atoms with E-state index >= 15 is 0 Å². The number of benzene rings is 1. The summed E-state index contributed by atoms with van der Waals surface area (Å²) in [6, 6.07) is 9.78. The first kappa shape index (κ1) is 15.3. The third-order valence-electron chi connectivity index (χ3n) is 2.46. The quantitative estimate of drug-likeness (QED) is 0.443. The molecule has 5 nitrogen and oxygen atoms in total. The Balaban J connectivity index is 2.26. The Morgan fingerprint density at radius 1 is 1.26 bits per heavy atom. The third-order valence-corrected chi connectivity index (χ3v) is 2.46. The van der Waals surface area contributed by atoms with Crippen LogP contribution in [-0.4, -0.2) is 45.9 Å². The molecule has 106 valence electrons. The van der Waals surface area contributed by atoms with E-state index in [0.29, 0.717) is 13.2 Å². The van der Waals surface area contributed by atoms with Gasteiger partial charge in [0.25, 0.3) is 0 Å². The summed E-state index contributed by atoms with van der Waals surface area (Å²) in [5.41, 5.74) is 0. The molecule has 2 N–H and O–H groups in total. The van der Waals surface area contributed by atoms with Crippen molar-refractivity contribution in [3.8, 4) is 5.75 Å². The van der Waals surface area contributed by atoms with E-state index in [1.807, 2.05) is 37.3 Å². The Hall–Kier alpha value is -1.75. The molecule has 0 saturated carbocycles. The second-order valence-corrected chi connectivity index (χ2v) is 4.11. The van der Waals surface area contributed by atoms with E-state index < -0.39 is 0 Å². The van der Waals surface area contributed by atoms with Crippen molar-refractivity contribution >= 4 is 5.96 Å². The average molecular weight is 265 g/mol. The van der Waals surface area contributed by atoms with Crippen molar-refractivity contribution in [2.24, 2.45) is 4.99 Å². The summed E-state index contributed by atoms with van der Waals surface area (Å²) in [6.45, 7) is 4.07. The number of guanidine groups is 1. The highest BCUT2D eigenvalue weighted by Crippen LogP contribution is 2.10. The molecule has 0 amide bonds. The fourth-order valence-corrected chi connectivity index (χ4v) is 1.51. The molecule has 0 aliphatic rings. The van der Waals surface area contributed by atoms with Gasteiger partial charge in [0.15, 0.2) is 5.96 Å². The highest BCUT2D eigenvalue weighted by molar-refractivity contribution is 5.79. The van der Waals surface area contributed by atoms with E-state index in [1.165, 1.54) is 0 Å². The number of hydrogen-bond acceptors (Lipinski definition) is 3. The average Bonchev–Trinajstić information content (AvgIpc) is 2.44. The van der Waals surface area contributed by atoms with Crippen LogP contribution in [0.1, 0.15) is 6.92 Å². The molecule has 0 aromatic heterocycles. The molecule has 1 aromatic carbocycles. The van der Waals surface area contributed by atoms with Crippen LogP contribution < -0.4 is 15.4 Å². The summed E-state index contributed by atoms with van der Waals surface area (Å²) in [7, 11) is 3.42. The lowest BCUT2D eigenvalue weighted by Gasteiger charge is -2.17. The van der Waals surface area contributed by atoms with Crippen LogP contribution in [0, 0.1) is 0 Å².